The van der Waals surface area contributed by atoms with Crippen LogP contribution in [0.1, 0.15) is 25.3 Å². The number of nitrogens with zero attached hydrogens (tertiary/aromatic N) is 5. The third-order valence-electron chi connectivity index (χ3n) is 6.70. The molecule has 0 unspecified atom stereocenters. The molecule has 0 aliphatic carbocycles. The number of carbonyl (C=O) groups is 2. The number of aliphatic carboxylic acids is 1. The molecule has 3 aromatic rings. The minimum atomic E-state index is -5.08. The second-order valence-electron chi connectivity index (χ2n) is 10.4. The summed E-state index contributed by atoms with van der Waals surface area (Å²) in [7, 11) is 3.36. The predicted octanol–water partition coefficient (Wildman–Crippen LogP) is 5.22. The van der Waals surface area contributed by atoms with Crippen LogP contribution in [0.2, 0.25) is 5.02 Å². The molecule has 43 heavy (non-hydrogen) atoms. The van der Waals surface area contributed by atoms with Gasteiger partial charge in [0, 0.05) is 56.6 Å². The van der Waals surface area contributed by atoms with E-state index in [2.05, 4.69) is 41.6 Å². The Bertz CT molecular complexity index is 1500. The summed E-state index contributed by atoms with van der Waals surface area (Å²) < 4.78 is 75.6. The number of benzene rings is 1. The van der Waals surface area contributed by atoms with Gasteiger partial charge in [-0.05, 0) is 27.6 Å². The third kappa shape index (κ3) is 7.79. The molecule has 0 saturated carbocycles. The third-order valence-corrected chi connectivity index (χ3v) is 8.00. The Balaban J connectivity index is 0.000000646. The molecule has 0 radical (unpaired) electrons. The van der Waals surface area contributed by atoms with Crippen molar-refractivity contribution >= 4 is 62.1 Å². The van der Waals surface area contributed by atoms with Crippen molar-refractivity contribution < 1.29 is 41.0 Å². The fourth-order valence-electron chi connectivity index (χ4n) is 4.21. The van der Waals surface area contributed by atoms with E-state index in [0.717, 1.165) is 5.56 Å². The van der Waals surface area contributed by atoms with Gasteiger partial charge < -0.3 is 20.6 Å². The van der Waals surface area contributed by atoms with Crippen LogP contribution in [-0.4, -0.2) is 76.0 Å². The first-order valence-electron chi connectivity index (χ1n) is 12.5. The number of fused-ring (bicyclic) bond motifs is 1. The molecule has 0 spiro atoms. The molecule has 3 heterocycles. The van der Waals surface area contributed by atoms with Crippen LogP contribution in [-0.2, 0) is 16.6 Å². The highest BCUT2D eigenvalue weighted by atomic mass is 79.9. The van der Waals surface area contributed by atoms with E-state index in [1.54, 1.807) is 29.9 Å². The summed E-state index contributed by atoms with van der Waals surface area (Å²) in [5, 5.41) is 17.4. The number of carboxylic acids is 1. The van der Waals surface area contributed by atoms with E-state index in [1.165, 1.54) is 19.9 Å². The number of amides is 1. The van der Waals surface area contributed by atoms with Gasteiger partial charge in [0.25, 0.3) is 0 Å². The monoisotopic (exact) mass is 701 g/mol. The van der Waals surface area contributed by atoms with E-state index in [1.807, 2.05) is 6.20 Å². The molecule has 1 fully saturated rings. The van der Waals surface area contributed by atoms with E-state index in [0.29, 0.717) is 6.54 Å². The number of nitrogens with one attached hydrogen (secondary N) is 2. The molecule has 1 aliphatic rings. The van der Waals surface area contributed by atoms with Gasteiger partial charge in [-0.25, -0.2) is 22.9 Å². The SMILES string of the molecule is CNC(=O)[C@@H]1CN(c2nc(NCC(C)(C)C(F)F)c3cc(Cl)c(Br)c(F)c3n2)C[C@H]1c1cnn(C)c1.O=C(O)C(F)(F)F. The number of halogens is 8. The van der Waals surface area contributed by atoms with Gasteiger partial charge in [0.1, 0.15) is 11.3 Å². The number of rotatable bonds is 7. The molecule has 1 aliphatic heterocycles. The topological polar surface area (TPSA) is 125 Å². The minimum absolute atomic E-state index is 0.0186. The number of aryl methyl sites for hydroxylation is 1. The maximum absolute atomic E-state index is 15.2. The van der Waals surface area contributed by atoms with Crippen LogP contribution in [0.15, 0.2) is 22.9 Å². The van der Waals surface area contributed by atoms with Crippen LogP contribution < -0.4 is 15.5 Å². The van der Waals surface area contributed by atoms with Crippen molar-refractivity contribution in [2.75, 3.05) is 36.9 Å². The molecular weight excluding hydrogens is 676 g/mol. The molecule has 0 bridgehead atoms. The average molecular weight is 703 g/mol. The summed E-state index contributed by atoms with van der Waals surface area (Å²) in [5.74, 6) is -3.87. The Labute approximate surface area is 254 Å². The van der Waals surface area contributed by atoms with Gasteiger partial charge in [-0.2, -0.15) is 23.3 Å². The first-order chi connectivity index (χ1) is 19.9. The predicted molar refractivity (Wildman–Crippen MR) is 150 cm³/mol. The molecule has 1 saturated heterocycles. The van der Waals surface area contributed by atoms with Gasteiger partial charge in [-0.15, -0.1) is 0 Å². The Kier molecular flexibility index (Phi) is 10.4. The Morgan fingerprint density at radius 1 is 1.23 bits per heavy atom. The molecule has 18 heteroatoms. The maximum Gasteiger partial charge on any atom is 0.490 e. The van der Waals surface area contributed by atoms with Crippen LogP contribution >= 0.6 is 27.5 Å². The van der Waals surface area contributed by atoms with E-state index in [4.69, 9.17) is 21.5 Å². The molecule has 3 N–H and O–H groups in total. The van der Waals surface area contributed by atoms with Crippen LogP contribution in [0.3, 0.4) is 0 Å². The zero-order valence-corrected chi connectivity index (χ0v) is 25.5. The first-order valence-corrected chi connectivity index (χ1v) is 13.7. The van der Waals surface area contributed by atoms with Gasteiger partial charge in [-0.3, -0.25) is 9.48 Å². The van der Waals surface area contributed by atoms with Gasteiger partial charge in [0.15, 0.2) is 5.82 Å². The number of hydrogen-bond acceptors (Lipinski definition) is 7. The summed E-state index contributed by atoms with van der Waals surface area (Å²) in [6.45, 7) is 3.39. The number of carbonyl (C=O) groups excluding carboxylic acids is 1. The van der Waals surface area contributed by atoms with Gasteiger partial charge in [0.05, 0.1) is 21.6 Å². The van der Waals surface area contributed by atoms with Crippen molar-refractivity contribution in [3.8, 4) is 0 Å². The molecule has 1 amide bonds. The minimum Gasteiger partial charge on any atom is -0.475 e. The van der Waals surface area contributed by atoms with Gasteiger partial charge >= 0.3 is 12.1 Å². The molecular formula is C25H27BrClF6N7O3. The smallest absolute Gasteiger partial charge is 0.475 e. The molecule has 2 aromatic heterocycles. The molecule has 4 rings (SSSR count). The van der Waals surface area contributed by atoms with E-state index in [-0.39, 0.29) is 57.1 Å². The van der Waals surface area contributed by atoms with Gasteiger partial charge in [0.2, 0.25) is 18.3 Å². The summed E-state index contributed by atoms with van der Waals surface area (Å²) in [5.41, 5.74) is -0.500. The van der Waals surface area contributed by atoms with Crippen molar-refractivity contribution in [1.29, 1.82) is 0 Å². The molecule has 10 nitrogen and oxygen atoms in total. The van der Waals surface area contributed by atoms with E-state index < -0.39 is 35.7 Å². The van der Waals surface area contributed by atoms with E-state index >= 15 is 4.39 Å². The summed E-state index contributed by atoms with van der Waals surface area (Å²) in [6, 6.07) is 1.49. The summed E-state index contributed by atoms with van der Waals surface area (Å²) in [4.78, 5) is 32.4. The number of hydrogen-bond donors (Lipinski definition) is 3. The lowest BCUT2D eigenvalue weighted by atomic mass is 9.90. The Morgan fingerprint density at radius 3 is 2.37 bits per heavy atom. The highest BCUT2D eigenvalue weighted by molar-refractivity contribution is 9.10. The summed E-state index contributed by atoms with van der Waals surface area (Å²) >= 11 is 9.32. The molecule has 2 atom stereocenters. The largest absolute Gasteiger partial charge is 0.490 e. The van der Waals surface area contributed by atoms with Crippen LogP contribution in [0.5, 0.6) is 0 Å². The fourth-order valence-corrected chi connectivity index (χ4v) is 4.71. The van der Waals surface area contributed by atoms with Crippen LogP contribution in [0, 0.1) is 17.2 Å². The van der Waals surface area contributed by atoms with Crippen molar-refractivity contribution in [3.63, 3.8) is 0 Å². The quantitative estimate of drug-likeness (QED) is 0.226. The zero-order valence-electron chi connectivity index (χ0n) is 23.1. The van der Waals surface area contributed by atoms with Crippen molar-refractivity contribution in [3.05, 3.63) is 39.3 Å². The molecule has 236 valence electrons. The van der Waals surface area contributed by atoms with Crippen LogP contribution in [0.4, 0.5) is 38.1 Å². The lowest BCUT2D eigenvalue weighted by molar-refractivity contribution is -0.192. The summed E-state index contributed by atoms with van der Waals surface area (Å²) in [6.07, 6.45) is -4.10. The lowest BCUT2D eigenvalue weighted by Gasteiger charge is -2.25. The highest BCUT2D eigenvalue weighted by Crippen LogP contribution is 2.39. The zero-order chi connectivity index (χ0) is 32.4. The standard InChI is InChI=1S/C23H26BrClF3N7O.C2HF3O2/c1-23(2,21(27)28)10-30-19-12-5-15(25)16(24)17(26)18(12)32-22(33-19)35-8-13(11-6-31-34(4)7-11)14(9-35)20(36)29-3;3-2(4,5)1(6)7/h5-7,13-14,21H,8-10H2,1-4H3,(H,29,36)(H,30,32,33);(H,6,7)/t13-,14+;/m0./s1. The molecule has 1 aromatic carbocycles. The number of aromatic nitrogens is 4. The second-order valence-corrected chi connectivity index (χ2v) is 11.6. The fraction of sp³-hybridized carbons (Fsp3) is 0.480. The first kappa shape index (κ1) is 34.2. The Morgan fingerprint density at radius 2 is 1.86 bits per heavy atom. The maximum atomic E-state index is 15.2. The second kappa shape index (κ2) is 13.1. The number of anilines is 2. The van der Waals surface area contributed by atoms with Crippen molar-refractivity contribution in [1.82, 2.24) is 25.1 Å². The number of alkyl halides is 5. The normalized spacial score (nSPS) is 17.2. The average Bonchev–Trinajstić information content (AvgIpc) is 3.56. The lowest BCUT2D eigenvalue weighted by Crippen LogP contribution is -2.32. The van der Waals surface area contributed by atoms with Gasteiger partial charge in [-0.1, -0.05) is 25.4 Å². The highest BCUT2D eigenvalue weighted by Gasteiger charge is 2.40. The van der Waals surface area contributed by atoms with Crippen molar-refractivity contribution in [2.24, 2.45) is 18.4 Å². The Hall–Kier alpha value is -3.34. The number of carboxylic acid groups (broad SMARTS) is 1. The van der Waals surface area contributed by atoms with E-state index in [9.17, 15) is 26.7 Å². The van der Waals surface area contributed by atoms with Crippen molar-refractivity contribution in [2.45, 2.75) is 32.4 Å². The van der Waals surface area contributed by atoms with Crippen LogP contribution in [0.25, 0.3) is 10.9 Å².